The van der Waals surface area contributed by atoms with Gasteiger partial charge in [0.1, 0.15) is 11.6 Å². The molecule has 0 bridgehead atoms. The Morgan fingerprint density at radius 1 is 1.47 bits per heavy atom. The zero-order valence-electron chi connectivity index (χ0n) is 10.1. The number of rotatable bonds is 5. The third-order valence-electron chi connectivity index (χ3n) is 2.39. The first-order chi connectivity index (χ1) is 9.04. The average Bonchev–Trinajstić information content (AvgIpc) is 2.75. The Morgan fingerprint density at radius 3 is 2.84 bits per heavy atom. The molecule has 7 heteroatoms. The van der Waals surface area contributed by atoms with E-state index in [0.717, 1.165) is 11.5 Å². The van der Waals surface area contributed by atoms with Crippen molar-refractivity contribution in [3.63, 3.8) is 0 Å². The number of nitrogens with one attached hydrogen (secondary N) is 2. The fourth-order valence-corrected chi connectivity index (χ4v) is 1.79. The summed E-state index contributed by atoms with van der Waals surface area (Å²) in [7, 11) is 0. The number of H-pyrrole nitrogens is 1. The number of ether oxygens (including phenoxy) is 1. The lowest BCUT2D eigenvalue weighted by Gasteiger charge is -2.09. The molecule has 1 aromatic carbocycles. The van der Waals surface area contributed by atoms with Crippen LogP contribution in [-0.4, -0.2) is 16.6 Å². The molecular formula is C12H12ClF2N3O. The molecule has 0 aliphatic heterocycles. The van der Waals surface area contributed by atoms with Gasteiger partial charge in [0.2, 0.25) is 0 Å². The van der Waals surface area contributed by atoms with E-state index in [1.54, 1.807) is 12.3 Å². The van der Waals surface area contributed by atoms with Crippen molar-refractivity contribution in [1.82, 2.24) is 9.97 Å². The molecule has 0 unspecified atom stereocenters. The minimum Gasteiger partial charge on any atom is -0.433 e. The smallest absolute Gasteiger partial charge is 0.387 e. The largest absolute Gasteiger partial charge is 0.433 e. The zero-order valence-corrected chi connectivity index (χ0v) is 10.8. The summed E-state index contributed by atoms with van der Waals surface area (Å²) in [5, 5.41) is 3.23. The lowest BCUT2D eigenvalue weighted by Crippen LogP contribution is -2.03. The summed E-state index contributed by atoms with van der Waals surface area (Å²) < 4.78 is 28.4. The highest BCUT2D eigenvalue weighted by Gasteiger charge is 2.09. The third-order valence-corrected chi connectivity index (χ3v) is 2.68. The van der Waals surface area contributed by atoms with E-state index in [-0.39, 0.29) is 10.8 Å². The molecule has 4 nitrogen and oxygen atoms in total. The molecule has 1 aromatic heterocycles. The van der Waals surface area contributed by atoms with Crippen molar-refractivity contribution in [3.05, 3.63) is 40.9 Å². The predicted molar refractivity (Wildman–Crippen MR) is 68.7 cm³/mol. The van der Waals surface area contributed by atoms with E-state index >= 15 is 0 Å². The van der Waals surface area contributed by atoms with Crippen LogP contribution in [0.5, 0.6) is 5.75 Å². The van der Waals surface area contributed by atoms with Gasteiger partial charge in [-0.05, 0) is 25.1 Å². The van der Waals surface area contributed by atoms with E-state index in [2.05, 4.69) is 20.0 Å². The Bertz CT molecular complexity index is 560. The molecule has 0 aliphatic rings. The van der Waals surface area contributed by atoms with Gasteiger partial charge in [-0.2, -0.15) is 8.78 Å². The first-order valence-electron chi connectivity index (χ1n) is 5.53. The molecule has 0 fully saturated rings. The number of aromatic nitrogens is 2. The minimum atomic E-state index is -2.88. The van der Waals surface area contributed by atoms with Crippen LogP contribution in [-0.2, 0) is 6.54 Å². The highest BCUT2D eigenvalue weighted by Crippen LogP contribution is 2.29. The van der Waals surface area contributed by atoms with Crippen LogP contribution < -0.4 is 10.1 Å². The maximum Gasteiger partial charge on any atom is 0.387 e. The van der Waals surface area contributed by atoms with Crippen LogP contribution >= 0.6 is 11.6 Å². The summed E-state index contributed by atoms with van der Waals surface area (Å²) in [6.45, 7) is -0.493. The molecule has 1 heterocycles. The summed E-state index contributed by atoms with van der Waals surface area (Å²) in [5.41, 5.74) is 1.63. The molecule has 0 spiro atoms. The molecule has 0 amide bonds. The zero-order chi connectivity index (χ0) is 13.8. The molecule has 19 heavy (non-hydrogen) atoms. The van der Waals surface area contributed by atoms with Crippen LogP contribution in [0.3, 0.4) is 0 Å². The summed E-state index contributed by atoms with van der Waals surface area (Å²) in [4.78, 5) is 7.14. The number of hydrogen-bond donors (Lipinski definition) is 2. The normalized spacial score (nSPS) is 10.8. The molecule has 0 aliphatic carbocycles. The minimum absolute atomic E-state index is 0.0420. The van der Waals surface area contributed by atoms with E-state index in [1.165, 1.54) is 12.1 Å². The Morgan fingerprint density at radius 2 is 2.26 bits per heavy atom. The number of hydrogen-bond acceptors (Lipinski definition) is 3. The van der Waals surface area contributed by atoms with Gasteiger partial charge in [0.15, 0.2) is 0 Å². The molecule has 2 N–H and O–H groups in total. The van der Waals surface area contributed by atoms with Crippen molar-refractivity contribution in [3.8, 4) is 5.75 Å². The van der Waals surface area contributed by atoms with Gasteiger partial charge < -0.3 is 15.0 Å². The van der Waals surface area contributed by atoms with E-state index in [1.807, 2.05) is 6.92 Å². The summed E-state index contributed by atoms with van der Waals surface area (Å²) in [5.74, 6) is 0.787. The maximum atomic E-state index is 12.1. The maximum absolute atomic E-state index is 12.1. The number of aromatic amines is 1. The van der Waals surface area contributed by atoms with E-state index in [9.17, 15) is 8.78 Å². The topological polar surface area (TPSA) is 49.9 Å². The standard InChI is InChI=1S/C12H12ClF2N3O/c1-7-16-5-9(18-7)6-17-8-2-3-11(10(13)4-8)19-12(14)15/h2-5,12,17H,6H2,1H3,(H,16,18). The second-order valence-electron chi connectivity index (χ2n) is 3.87. The molecule has 102 valence electrons. The van der Waals surface area contributed by atoms with Gasteiger partial charge >= 0.3 is 6.61 Å². The van der Waals surface area contributed by atoms with Gasteiger partial charge in [-0.3, -0.25) is 0 Å². The third kappa shape index (κ3) is 3.82. The summed E-state index contributed by atoms with van der Waals surface area (Å²) in [6, 6.07) is 4.55. The first kappa shape index (κ1) is 13.6. The van der Waals surface area contributed by atoms with Crippen LogP contribution in [0, 0.1) is 6.92 Å². The number of imidazole rings is 1. The monoisotopic (exact) mass is 287 g/mol. The van der Waals surface area contributed by atoms with Gasteiger partial charge in [0.25, 0.3) is 0 Å². The number of anilines is 1. The molecule has 0 saturated carbocycles. The Balaban J connectivity index is 1.99. The SMILES string of the molecule is Cc1ncc(CNc2ccc(OC(F)F)c(Cl)c2)[nH]1. The van der Waals surface area contributed by atoms with E-state index < -0.39 is 6.61 Å². The van der Waals surface area contributed by atoms with Gasteiger partial charge in [-0.25, -0.2) is 4.98 Å². The second kappa shape index (κ2) is 5.88. The molecule has 0 radical (unpaired) electrons. The van der Waals surface area contributed by atoms with Crippen LogP contribution in [0.1, 0.15) is 11.5 Å². The van der Waals surface area contributed by atoms with Crippen LogP contribution in [0.25, 0.3) is 0 Å². The van der Waals surface area contributed by atoms with E-state index in [0.29, 0.717) is 12.2 Å². The molecule has 0 saturated heterocycles. The Hall–Kier alpha value is -1.82. The van der Waals surface area contributed by atoms with Crippen molar-refractivity contribution >= 4 is 17.3 Å². The Labute approximate surface area is 113 Å². The molecule has 0 atom stereocenters. The molecule has 2 aromatic rings. The fraction of sp³-hybridized carbons (Fsp3) is 0.250. The van der Waals surface area contributed by atoms with Crippen molar-refractivity contribution in [1.29, 1.82) is 0 Å². The quantitative estimate of drug-likeness (QED) is 0.883. The van der Waals surface area contributed by atoms with Crippen LogP contribution in [0.15, 0.2) is 24.4 Å². The highest BCUT2D eigenvalue weighted by atomic mass is 35.5. The number of alkyl halides is 2. The Kier molecular flexibility index (Phi) is 4.21. The lowest BCUT2D eigenvalue weighted by atomic mass is 10.3. The van der Waals surface area contributed by atoms with Crippen LogP contribution in [0.2, 0.25) is 5.02 Å². The van der Waals surface area contributed by atoms with E-state index in [4.69, 9.17) is 11.6 Å². The van der Waals surface area contributed by atoms with Gasteiger partial charge in [0.05, 0.1) is 23.5 Å². The lowest BCUT2D eigenvalue weighted by molar-refractivity contribution is -0.0497. The number of halogens is 3. The van der Waals surface area contributed by atoms with Crippen LogP contribution in [0.4, 0.5) is 14.5 Å². The van der Waals surface area contributed by atoms with Crippen molar-refractivity contribution in [2.75, 3.05) is 5.32 Å². The van der Waals surface area contributed by atoms with Gasteiger partial charge in [0, 0.05) is 5.69 Å². The predicted octanol–water partition coefficient (Wildman–Crippen LogP) is 3.59. The summed E-state index contributed by atoms with van der Waals surface area (Å²) >= 11 is 5.84. The highest BCUT2D eigenvalue weighted by molar-refractivity contribution is 6.32. The van der Waals surface area contributed by atoms with Crippen molar-refractivity contribution < 1.29 is 13.5 Å². The number of benzene rings is 1. The van der Waals surface area contributed by atoms with Gasteiger partial charge in [-0.15, -0.1) is 0 Å². The number of nitrogens with zero attached hydrogens (tertiary/aromatic N) is 1. The fourth-order valence-electron chi connectivity index (χ4n) is 1.56. The van der Waals surface area contributed by atoms with Crippen molar-refractivity contribution in [2.45, 2.75) is 20.1 Å². The summed E-state index contributed by atoms with van der Waals surface area (Å²) in [6.07, 6.45) is 1.72. The first-order valence-corrected chi connectivity index (χ1v) is 5.91. The average molecular weight is 288 g/mol. The second-order valence-corrected chi connectivity index (χ2v) is 4.28. The molecular weight excluding hydrogens is 276 g/mol. The number of aryl methyl sites for hydroxylation is 1. The molecule has 2 rings (SSSR count). The van der Waals surface area contributed by atoms with Gasteiger partial charge in [-0.1, -0.05) is 11.6 Å². The van der Waals surface area contributed by atoms with Crippen molar-refractivity contribution in [2.24, 2.45) is 0 Å².